The molecule has 0 aliphatic heterocycles. The standard InChI is InChI=1S/C22H26ClF3O2/c1-3-5-7-8-14-28-18-12-10-16(21(25)22(18)26)15-9-11-17(19(23)20(15)24)27-13-6-4-2/h9-12H,3-8,13-14H2,1-2H3. The number of benzene rings is 2. The van der Waals surface area contributed by atoms with Crippen LogP contribution in [-0.2, 0) is 0 Å². The number of ether oxygens (including phenoxy) is 2. The fourth-order valence-corrected chi connectivity index (χ4v) is 2.96. The van der Waals surface area contributed by atoms with Crippen LogP contribution in [0.4, 0.5) is 13.2 Å². The van der Waals surface area contributed by atoms with Gasteiger partial charge in [0, 0.05) is 11.1 Å². The second-order valence-electron chi connectivity index (χ2n) is 6.59. The average molecular weight is 415 g/mol. The Balaban J connectivity index is 2.19. The second kappa shape index (κ2) is 11.2. The average Bonchev–Trinajstić information content (AvgIpc) is 2.69. The van der Waals surface area contributed by atoms with Gasteiger partial charge in [0.05, 0.1) is 13.2 Å². The van der Waals surface area contributed by atoms with E-state index in [0.717, 1.165) is 38.5 Å². The quantitative estimate of drug-likeness (QED) is 0.353. The van der Waals surface area contributed by atoms with E-state index in [1.165, 1.54) is 24.3 Å². The number of halogens is 4. The molecular formula is C22H26ClF3O2. The van der Waals surface area contributed by atoms with Gasteiger partial charge in [0.25, 0.3) is 0 Å². The Morgan fingerprint density at radius 1 is 0.679 bits per heavy atom. The summed E-state index contributed by atoms with van der Waals surface area (Å²) >= 11 is 6.02. The van der Waals surface area contributed by atoms with Crippen molar-refractivity contribution in [2.75, 3.05) is 13.2 Å². The fourth-order valence-electron chi connectivity index (χ4n) is 2.74. The fraction of sp³-hybridized carbons (Fsp3) is 0.455. The Bertz CT molecular complexity index is 781. The minimum absolute atomic E-state index is 0.126. The van der Waals surface area contributed by atoms with Crippen LogP contribution in [-0.4, -0.2) is 13.2 Å². The van der Waals surface area contributed by atoms with Crippen molar-refractivity contribution in [3.63, 3.8) is 0 Å². The maximum absolute atomic E-state index is 14.7. The molecule has 0 heterocycles. The van der Waals surface area contributed by atoms with Gasteiger partial charge in [-0.25, -0.2) is 8.78 Å². The topological polar surface area (TPSA) is 18.5 Å². The highest BCUT2D eigenvalue weighted by molar-refractivity contribution is 6.32. The zero-order chi connectivity index (χ0) is 20.5. The van der Waals surface area contributed by atoms with E-state index in [4.69, 9.17) is 21.1 Å². The Morgan fingerprint density at radius 2 is 1.25 bits per heavy atom. The lowest BCUT2D eigenvalue weighted by Gasteiger charge is -2.13. The molecule has 2 rings (SSSR count). The van der Waals surface area contributed by atoms with Gasteiger partial charge in [0.2, 0.25) is 5.82 Å². The van der Waals surface area contributed by atoms with Gasteiger partial charge in [-0.3, -0.25) is 0 Å². The van der Waals surface area contributed by atoms with Crippen molar-refractivity contribution in [1.82, 2.24) is 0 Å². The number of unbranched alkanes of at least 4 members (excludes halogenated alkanes) is 4. The molecule has 28 heavy (non-hydrogen) atoms. The zero-order valence-electron chi connectivity index (χ0n) is 16.3. The smallest absolute Gasteiger partial charge is 0.201 e. The molecule has 2 aromatic rings. The van der Waals surface area contributed by atoms with E-state index in [9.17, 15) is 13.2 Å². The van der Waals surface area contributed by atoms with Gasteiger partial charge in [0.15, 0.2) is 17.4 Å². The van der Waals surface area contributed by atoms with Crippen LogP contribution in [0, 0.1) is 17.5 Å². The van der Waals surface area contributed by atoms with Crippen molar-refractivity contribution in [1.29, 1.82) is 0 Å². The highest BCUT2D eigenvalue weighted by Crippen LogP contribution is 2.37. The summed E-state index contributed by atoms with van der Waals surface area (Å²) in [6.07, 6.45) is 5.61. The highest BCUT2D eigenvalue weighted by Gasteiger charge is 2.21. The summed E-state index contributed by atoms with van der Waals surface area (Å²) in [5.41, 5.74) is -0.339. The first-order chi connectivity index (χ1) is 13.5. The Kier molecular flexibility index (Phi) is 8.97. The first-order valence-corrected chi connectivity index (χ1v) is 10.1. The van der Waals surface area contributed by atoms with Gasteiger partial charge in [0.1, 0.15) is 10.8 Å². The lowest BCUT2D eigenvalue weighted by molar-refractivity contribution is 0.285. The van der Waals surface area contributed by atoms with Crippen LogP contribution < -0.4 is 9.47 Å². The molecule has 0 saturated heterocycles. The second-order valence-corrected chi connectivity index (χ2v) is 6.97. The predicted molar refractivity (Wildman–Crippen MR) is 107 cm³/mol. The SMILES string of the molecule is CCCCCCOc1ccc(-c2ccc(OCCCC)c(Cl)c2F)c(F)c1F. The van der Waals surface area contributed by atoms with E-state index in [2.05, 4.69) is 6.92 Å². The van der Waals surface area contributed by atoms with Crippen LogP contribution in [0.3, 0.4) is 0 Å². The molecule has 0 aromatic heterocycles. The molecular weight excluding hydrogens is 389 g/mol. The summed E-state index contributed by atoms with van der Waals surface area (Å²) in [5, 5.41) is -0.246. The number of hydrogen-bond acceptors (Lipinski definition) is 2. The van der Waals surface area contributed by atoms with Gasteiger partial charge in [-0.2, -0.15) is 4.39 Å². The molecule has 0 spiro atoms. The normalized spacial score (nSPS) is 10.9. The summed E-state index contributed by atoms with van der Waals surface area (Å²) in [6, 6.07) is 5.41. The molecule has 0 radical (unpaired) electrons. The van der Waals surface area contributed by atoms with Crippen molar-refractivity contribution in [2.45, 2.75) is 52.4 Å². The Hall–Kier alpha value is -1.88. The number of rotatable bonds is 11. The maximum Gasteiger partial charge on any atom is 0.201 e. The van der Waals surface area contributed by atoms with Gasteiger partial charge in [-0.1, -0.05) is 51.1 Å². The zero-order valence-corrected chi connectivity index (χ0v) is 17.1. The van der Waals surface area contributed by atoms with Crippen LogP contribution in [0.2, 0.25) is 5.02 Å². The van der Waals surface area contributed by atoms with Gasteiger partial charge >= 0.3 is 0 Å². The molecule has 154 valence electrons. The minimum atomic E-state index is -1.17. The lowest BCUT2D eigenvalue weighted by Crippen LogP contribution is -2.03. The van der Waals surface area contributed by atoms with Crippen LogP contribution in [0.5, 0.6) is 11.5 Å². The molecule has 0 unspecified atom stereocenters. The molecule has 0 N–H and O–H groups in total. The molecule has 0 aliphatic rings. The summed E-state index contributed by atoms with van der Waals surface area (Å²) in [6.45, 7) is 4.80. The van der Waals surface area contributed by atoms with E-state index in [0.29, 0.717) is 13.2 Å². The van der Waals surface area contributed by atoms with E-state index >= 15 is 0 Å². The monoisotopic (exact) mass is 414 g/mol. The van der Waals surface area contributed by atoms with Gasteiger partial charge in [-0.05, 0) is 37.1 Å². The van der Waals surface area contributed by atoms with Gasteiger partial charge < -0.3 is 9.47 Å². The van der Waals surface area contributed by atoms with E-state index < -0.39 is 17.5 Å². The molecule has 0 saturated carbocycles. The first kappa shape index (κ1) is 22.4. The van der Waals surface area contributed by atoms with Crippen LogP contribution >= 0.6 is 11.6 Å². The number of hydrogen-bond donors (Lipinski definition) is 0. The van der Waals surface area contributed by atoms with Crippen molar-refractivity contribution < 1.29 is 22.6 Å². The third-order valence-electron chi connectivity index (χ3n) is 4.39. The third kappa shape index (κ3) is 5.57. The lowest BCUT2D eigenvalue weighted by atomic mass is 10.0. The Labute approximate surface area is 169 Å². The van der Waals surface area contributed by atoms with Crippen LogP contribution in [0.15, 0.2) is 24.3 Å². The molecule has 0 amide bonds. The molecule has 0 atom stereocenters. The van der Waals surface area contributed by atoms with E-state index in [1.54, 1.807) is 0 Å². The molecule has 2 aromatic carbocycles. The molecule has 2 nitrogen and oxygen atoms in total. The third-order valence-corrected chi connectivity index (χ3v) is 4.75. The van der Waals surface area contributed by atoms with E-state index in [-0.39, 0.29) is 27.6 Å². The summed E-state index contributed by atoms with van der Waals surface area (Å²) in [5.74, 6) is -3.14. The maximum atomic E-state index is 14.7. The summed E-state index contributed by atoms with van der Waals surface area (Å²) < 4.78 is 54.3. The van der Waals surface area contributed by atoms with Crippen molar-refractivity contribution in [2.24, 2.45) is 0 Å². The van der Waals surface area contributed by atoms with Gasteiger partial charge in [-0.15, -0.1) is 0 Å². The predicted octanol–water partition coefficient (Wildman–Crippen LogP) is 7.56. The van der Waals surface area contributed by atoms with Crippen LogP contribution in [0.25, 0.3) is 11.1 Å². The molecule has 0 fully saturated rings. The molecule has 0 aliphatic carbocycles. The first-order valence-electron chi connectivity index (χ1n) is 9.73. The summed E-state index contributed by atoms with van der Waals surface area (Å²) in [4.78, 5) is 0. The van der Waals surface area contributed by atoms with Crippen molar-refractivity contribution in [3.8, 4) is 22.6 Å². The van der Waals surface area contributed by atoms with Crippen molar-refractivity contribution >= 4 is 11.6 Å². The molecule has 0 bridgehead atoms. The Morgan fingerprint density at radius 3 is 1.93 bits per heavy atom. The van der Waals surface area contributed by atoms with Crippen LogP contribution in [0.1, 0.15) is 52.4 Å². The van der Waals surface area contributed by atoms with E-state index in [1.807, 2.05) is 6.92 Å². The summed E-state index contributed by atoms with van der Waals surface area (Å²) in [7, 11) is 0. The largest absolute Gasteiger partial charge is 0.492 e. The van der Waals surface area contributed by atoms with Crippen molar-refractivity contribution in [3.05, 3.63) is 46.7 Å². The highest BCUT2D eigenvalue weighted by atomic mass is 35.5. The molecule has 6 heteroatoms. The minimum Gasteiger partial charge on any atom is -0.492 e.